The van der Waals surface area contributed by atoms with Crippen LogP contribution >= 0.6 is 8.60 Å². The molecule has 0 aliphatic carbocycles. The van der Waals surface area contributed by atoms with Crippen LogP contribution in [0.1, 0.15) is 13.8 Å². The maximum absolute atomic E-state index is 8.67. The Kier molecular flexibility index (Phi) is 27.6. The molecule has 0 saturated heterocycles. The Morgan fingerprint density at radius 1 is 1.42 bits per heavy atom. The zero-order chi connectivity index (χ0) is 9.11. The molecule has 66 valence electrons. The third kappa shape index (κ3) is 22.4. The van der Waals surface area contributed by atoms with Crippen molar-refractivity contribution >= 4 is 44.9 Å². The second-order valence-corrected chi connectivity index (χ2v) is 2.74. The van der Waals surface area contributed by atoms with E-state index >= 15 is 0 Å². The average molecular weight is 201 g/mol. The van der Waals surface area contributed by atoms with Gasteiger partial charge in [0.15, 0.2) is 0 Å². The standard InChI is InChI=1S/C4H11O3P.CN.BH3.Na/c1-3-6-8(5)7-4-2;1-2;;/h5H,3-4H2,1-2H3;;1H3;. The van der Waals surface area contributed by atoms with Gasteiger partial charge >= 0.3 is 45.1 Å². The Hall–Kier alpha value is 0.865. The van der Waals surface area contributed by atoms with Gasteiger partial charge in [-0.2, -0.15) is 0 Å². The van der Waals surface area contributed by atoms with Crippen LogP contribution in [0.15, 0.2) is 0 Å². The van der Waals surface area contributed by atoms with E-state index in [2.05, 4.69) is 9.05 Å². The molecule has 1 N–H and O–H groups in total. The summed E-state index contributed by atoms with van der Waals surface area (Å²) in [6.45, 7) is 4.62. The summed E-state index contributed by atoms with van der Waals surface area (Å²) < 4.78 is 11.2. The number of nitrogens with zero attached hydrogens (tertiary/aromatic N) is 1. The second kappa shape index (κ2) is 17.8. The Labute approximate surface area is 94.2 Å². The molecular formula is C5H14BNNaO3P. The van der Waals surface area contributed by atoms with Crippen LogP contribution in [0.2, 0.25) is 0 Å². The molecule has 7 heteroatoms. The SMILES string of the molecule is B.CCOP(O)OCC.N#[C][Na]. The van der Waals surface area contributed by atoms with Crippen molar-refractivity contribution < 1.29 is 13.9 Å². The van der Waals surface area contributed by atoms with Crippen LogP contribution in [0, 0.1) is 8.58 Å². The predicted octanol–water partition coefficient (Wildman–Crippen LogP) is -0.269. The molecule has 0 rings (SSSR count). The van der Waals surface area contributed by atoms with Gasteiger partial charge in [0.25, 0.3) is 0 Å². The molecule has 0 amide bonds. The van der Waals surface area contributed by atoms with E-state index < -0.39 is 8.60 Å². The molecule has 0 aromatic heterocycles. The summed E-state index contributed by atoms with van der Waals surface area (Å²) in [6, 6.07) is 0. The van der Waals surface area contributed by atoms with Crippen molar-refractivity contribution in [1.29, 1.82) is 5.26 Å². The van der Waals surface area contributed by atoms with E-state index in [0.717, 1.165) is 0 Å². The molecular weight excluding hydrogens is 187 g/mol. The minimum absolute atomic E-state index is 0. The van der Waals surface area contributed by atoms with Gasteiger partial charge in [0.05, 0.1) is 21.6 Å². The van der Waals surface area contributed by atoms with E-state index in [0.29, 0.717) is 41.1 Å². The Morgan fingerprint density at radius 3 is 1.83 bits per heavy atom. The molecule has 0 fully saturated rings. The molecule has 0 aliphatic heterocycles. The van der Waals surface area contributed by atoms with Gasteiger partial charge in [-0.1, -0.05) is 0 Å². The monoisotopic (exact) mass is 201 g/mol. The molecule has 0 radical (unpaired) electrons. The van der Waals surface area contributed by atoms with Crippen LogP contribution in [0.3, 0.4) is 0 Å². The van der Waals surface area contributed by atoms with Crippen LogP contribution in [-0.2, 0) is 9.05 Å². The van der Waals surface area contributed by atoms with Gasteiger partial charge in [0.2, 0.25) is 0 Å². The van der Waals surface area contributed by atoms with E-state index in [9.17, 15) is 0 Å². The maximum atomic E-state index is 8.67. The van der Waals surface area contributed by atoms with Crippen LogP contribution in [0.25, 0.3) is 0 Å². The number of hydrogen-bond acceptors (Lipinski definition) is 4. The Bertz CT molecular complexity index is 107. The molecule has 0 atom stereocenters. The fraction of sp³-hybridized carbons (Fsp3) is 0.800. The normalized spacial score (nSPS) is 7.75. The Morgan fingerprint density at radius 2 is 1.67 bits per heavy atom. The van der Waals surface area contributed by atoms with Crippen molar-refractivity contribution in [3.8, 4) is 3.32 Å². The average Bonchev–Trinajstić information content (AvgIpc) is 1.90. The van der Waals surface area contributed by atoms with E-state index in [4.69, 9.17) is 10.2 Å². The molecule has 12 heavy (non-hydrogen) atoms. The molecule has 0 heterocycles. The molecule has 0 saturated carbocycles. The van der Waals surface area contributed by atoms with Crippen LogP contribution in [-0.4, -0.2) is 54.5 Å². The van der Waals surface area contributed by atoms with Crippen LogP contribution in [0.4, 0.5) is 0 Å². The summed E-state index contributed by atoms with van der Waals surface area (Å²) in [7, 11) is -1.58. The third-order valence-corrected chi connectivity index (χ3v) is 1.44. The first-order valence-corrected chi connectivity index (χ1v) is 5.41. The molecule has 0 unspecified atom stereocenters. The number of hydrogen-bond donors (Lipinski definition) is 1. The molecule has 0 aromatic carbocycles. The molecule has 0 bridgehead atoms. The minimum atomic E-state index is -1.58. The second-order valence-electron chi connectivity index (χ2n) is 1.30. The van der Waals surface area contributed by atoms with Gasteiger partial charge in [0, 0.05) is 0 Å². The summed E-state index contributed by atoms with van der Waals surface area (Å²) in [5.74, 6) is 0. The van der Waals surface area contributed by atoms with Crippen molar-refractivity contribution in [2.45, 2.75) is 13.8 Å². The van der Waals surface area contributed by atoms with Gasteiger partial charge in [-0.25, -0.2) is 0 Å². The number of nitriles is 1. The van der Waals surface area contributed by atoms with Crippen molar-refractivity contribution in [3.05, 3.63) is 0 Å². The fourth-order valence-corrected chi connectivity index (χ4v) is 0.774. The van der Waals surface area contributed by atoms with Crippen molar-refractivity contribution in [1.82, 2.24) is 0 Å². The predicted molar refractivity (Wildman–Crippen MR) is 53.7 cm³/mol. The Balaban J connectivity index is -0.000000177. The fourth-order valence-electron chi connectivity index (χ4n) is 0.258. The van der Waals surface area contributed by atoms with Gasteiger partial charge < -0.3 is 13.9 Å². The summed E-state index contributed by atoms with van der Waals surface area (Å²) >= 11 is 0.674. The third-order valence-electron chi connectivity index (χ3n) is 0.479. The van der Waals surface area contributed by atoms with Crippen molar-refractivity contribution in [3.63, 3.8) is 0 Å². The molecule has 0 spiro atoms. The van der Waals surface area contributed by atoms with Gasteiger partial charge in [-0.3, -0.25) is 0 Å². The zero-order valence-electron chi connectivity index (χ0n) is 7.07. The van der Waals surface area contributed by atoms with Crippen LogP contribution in [0.5, 0.6) is 0 Å². The summed E-state index contributed by atoms with van der Waals surface area (Å²) in [5, 5.41) is 7.38. The first-order valence-electron chi connectivity index (χ1n) is 3.28. The van der Waals surface area contributed by atoms with Crippen molar-refractivity contribution in [2.24, 2.45) is 0 Å². The van der Waals surface area contributed by atoms with Gasteiger partial charge in [0.1, 0.15) is 0 Å². The molecule has 0 aliphatic rings. The van der Waals surface area contributed by atoms with Crippen molar-refractivity contribution in [2.75, 3.05) is 13.2 Å². The zero-order valence-corrected chi connectivity index (χ0v) is 9.97. The first kappa shape index (κ1) is 18.6. The van der Waals surface area contributed by atoms with E-state index in [1.807, 2.05) is 17.2 Å². The molecule has 4 nitrogen and oxygen atoms in total. The summed E-state index contributed by atoms with van der Waals surface area (Å²) in [4.78, 5) is 8.67. The quantitative estimate of drug-likeness (QED) is 0.502. The van der Waals surface area contributed by atoms with E-state index in [1.165, 1.54) is 0 Å². The van der Waals surface area contributed by atoms with E-state index in [-0.39, 0.29) is 8.41 Å². The summed E-state index contributed by atoms with van der Waals surface area (Å²) in [6.07, 6.45) is 0. The topological polar surface area (TPSA) is 62.5 Å². The summed E-state index contributed by atoms with van der Waals surface area (Å²) in [5.41, 5.74) is 0. The van der Waals surface area contributed by atoms with E-state index in [1.54, 1.807) is 0 Å². The first-order chi connectivity index (χ1) is 5.22. The number of rotatable bonds is 4. The van der Waals surface area contributed by atoms with Gasteiger partial charge in [-0.05, 0) is 13.8 Å². The molecule has 0 aromatic rings. The van der Waals surface area contributed by atoms with Crippen LogP contribution < -0.4 is 0 Å². The van der Waals surface area contributed by atoms with Gasteiger partial charge in [-0.15, -0.1) is 0 Å².